The first-order valence-corrected chi connectivity index (χ1v) is 13.8. The molecule has 0 aliphatic carbocycles. The van der Waals surface area contributed by atoms with Crippen molar-refractivity contribution in [2.75, 3.05) is 21.0 Å². The lowest BCUT2D eigenvalue weighted by molar-refractivity contribution is -0.141. The van der Waals surface area contributed by atoms with Crippen LogP contribution in [0.5, 0.6) is 23.0 Å². The zero-order chi connectivity index (χ0) is 29.5. The fraction of sp³-hybridized carbons (Fsp3) is 0.212. The maximum atomic E-state index is 14.1. The van der Waals surface area contributed by atoms with Crippen LogP contribution in [0.2, 0.25) is 5.02 Å². The summed E-state index contributed by atoms with van der Waals surface area (Å²) in [6, 6.07) is 26.5. The standard InChI is InChI=1S/C33H31ClN2O6/c1-39-27-14-10-23(16-29(27)40-2)18-31(37)36(20-22-8-12-26(34)13-9-22)32(25-6-4-3-5-7-25)33(38)35-19-24-11-15-28-30(17-24)42-21-41-28/h3-17,32H,18-21H2,1-2H3,(H,35,38). The Balaban J connectivity index is 1.45. The molecule has 42 heavy (non-hydrogen) atoms. The van der Waals surface area contributed by atoms with Crippen LogP contribution in [-0.4, -0.2) is 37.7 Å². The lowest BCUT2D eigenvalue weighted by Gasteiger charge is -2.32. The molecule has 0 saturated heterocycles. The van der Waals surface area contributed by atoms with Crippen molar-refractivity contribution >= 4 is 23.4 Å². The van der Waals surface area contributed by atoms with Gasteiger partial charge in [0.05, 0.1) is 20.6 Å². The first kappa shape index (κ1) is 28.8. The molecule has 9 heteroatoms. The Morgan fingerprint density at radius 2 is 1.52 bits per heavy atom. The van der Waals surface area contributed by atoms with Gasteiger partial charge in [0.25, 0.3) is 0 Å². The van der Waals surface area contributed by atoms with Gasteiger partial charge in [-0.1, -0.05) is 66.2 Å². The van der Waals surface area contributed by atoms with E-state index in [-0.39, 0.29) is 38.1 Å². The van der Waals surface area contributed by atoms with E-state index in [2.05, 4.69) is 5.32 Å². The molecular weight excluding hydrogens is 556 g/mol. The van der Waals surface area contributed by atoms with Crippen molar-refractivity contribution in [2.45, 2.75) is 25.6 Å². The number of rotatable bonds is 11. The molecule has 0 aromatic heterocycles. The monoisotopic (exact) mass is 586 g/mol. The number of benzene rings is 4. The number of amides is 2. The Labute approximate surface area is 249 Å². The van der Waals surface area contributed by atoms with Crippen LogP contribution in [0.4, 0.5) is 0 Å². The number of nitrogens with zero attached hydrogens (tertiary/aromatic N) is 1. The van der Waals surface area contributed by atoms with Crippen LogP contribution in [0, 0.1) is 0 Å². The highest BCUT2D eigenvalue weighted by molar-refractivity contribution is 6.30. The third-order valence-electron chi connectivity index (χ3n) is 6.97. The fourth-order valence-electron chi connectivity index (χ4n) is 4.82. The third kappa shape index (κ3) is 6.78. The Kier molecular flexibility index (Phi) is 9.14. The quantitative estimate of drug-likeness (QED) is 0.242. The molecule has 1 aliphatic heterocycles. The Morgan fingerprint density at radius 1 is 0.833 bits per heavy atom. The summed E-state index contributed by atoms with van der Waals surface area (Å²) >= 11 is 6.13. The van der Waals surface area contributed by atoms with E-state index < -0.39 is 6.04 Å². The third-order valence-corrected chi connectivity index (χ3v) is 7.22. The van der Waals surface area contributed by atoms with Crippen LogP contribution in [0.15, 0.2) is 91.0 Å². The topological polar surface area (TPSA) is 86.3 Å². The summed E-state index contributed by atoms with van der Waals surface area (Å²) in [5.74, 6) is 1.85. The fourth-order valence-corrected chi connectivity index (χ4v) is 4.95. The molecule has 2 amide bonds. The zero-order valence-electron chi connectivity index (χ0n) is 23.3. The minimum Gasteiger partial charge on any atom is -0.493 e. The van der Waals surface area contributed by atoms with Gasteiger partial charge in [-0.3, -0.25) is 9.59 Å². The van der Waals surface area contributed by atoms with Gasteiger partial charge in [-0.15, -0.1) is 0 Å². The van der Waals surface area contributed by atoms with Gasteiger partial charge < -0.3 is 29.2 Å². The van der Waals surface area contributed by atoms with Crippen LogP contribution in [0.3, 0.4) is 0 Å². The molecular formula is C33H31ClN2O6. The molecule has 4 aromatic carbocycles. The summed E-state index contributed by atoms with van der Waals surface area (Å²) in [6.45, 7) is 0.612. The average Bonchev–Trinajstić information content (AvgIpc) is 3.49. The van der Waals surface area contributed by atoms with Gasteiger partial charge in [-0.2, -0.15) is 0 Å². The minimum absolute atomic E-state index is 0.0483. The van der Waals surface area contributed by atoms with E-state index in [1.165, 1.54) is 0 Å². The van der Waals surface area contributed by atoms with Gasteiger partial charge in [-0.25, -0.2) is 0 Å². The Bertz CT molecular complexity index is 1540. The summed E-state index contributed by atoms with van der Waals surface area (Å²) in [7, 11) is 3.11. The molecule has 1 unspecified atom stereocenters. The molecule has 0 fully saturated rings. The van der Waals surface area contributed by atoms with Crippen molar-refractivity contribution in [1.82, 2.24) is 10.2 Å². The van der Waals surface area contributed by atoms with E-state index in [4.69, 9.17) is 30.5 Å². The van der Waals surface area contributed by atoms with Crippen LogP contribution in [0.25, 0.3) is 0 Å². The van der Waals surface area contributed by atoms with E-state index in [1.807, 2.05) is 66.7 Å². The molecule has 1 N–H and O–H groups in total. The number of ether oxygens (including phenoxy) is 4. The molecule has 0 bridgehead atoms. The first-order chi connectivity index (χ1) is 20.4. The molecule has 8 nitrogen and oxygen atoms in total. The lowest BCUT2D eigenvalue weighted by atomic mass is 10.0. The van der Waals surface area contributed by atoms with Crippen molar-refractivity contribution in [1.29, 1.82) is 0 Å². The van der Waals surface area contributed by atoms with Gasteiger partial charge in [0.15, 0.2) is 23.0 Å². The number of fused-ring (bicyclic) bond motifs is 1. The van der Waals surface area contributed by atoms with E-state index in [9.17, 15) is 9.59 Å². The van der Waals surface area contributed by atoms with Crippen LogP contribution in [0.1, 0.15) is 28.3 Å². The van der Waals surface area contributed by atoms with Gasteiger partial charge in [0.1, 0.15) is 6.04 Å². The highest BCUT2D eigenvalue weighted by Crippen LogP contribution is 2.33. The van der Waals surface area contributed by atoms with E-state index >= 15 is 0 Å². The maximum absolute atomic E-state index is 14.1. The predicted octanol–water partition coefficient (Wildman–Crippen LogP) is 5.71. The predicted molar refractivity (Wildman–Crippen MR) is 159 cm³/mol. The second kappa shape index (κ2) is 13.3. The number of carbonyl (C=O) groups excluding carboxylic acids is 2. The number of methoxy groups -OCH3 is 2. The van der Waals surface area contributed by atoms with E-state index in [1.54, 1.807) is 43.4 Å². The number of halogens is 1. The maximum Gasteiger partial charge on any atom is 0.247 e. The van der Waals surface area contributed by atoms with Crippen molar-refractivity contribution in [2.24, 2.45) is 0 Å². The SMILES string of the molecule is COc1ccc(CC(=O)N(Cc2ccc(Cl)cc2)C(C(=O)NCc2ccc3c(c2)OCO3)c2ccccc2)cc1OC. The second-order valence-corrected chi connectivity index (χ2v) is 10.2. The lowest BCUT2D eigenvalue weighted by Crippen LogP contribution is -2.43. The van der Waals surface area contributed by atoms with Crippen molar-refractivity contribution < 1.29 is 28.5 Å². The number of carbonyl (C=O) groups is 2. The minimum atomic E-state index is -0.900. The Morgan fingerprint density at radius 3 is 2.26 bits per heavy atom. The normalized spacial score (nSPS) is 12.4. The summed E-state index contributed by atoms with van der Waals surface area (Å²) in [6.07, 6.45) is 0.0483. The molecule has 0 saturated carbocycles. The largest absolute Gasteiger partial charge is 0.493 e. The molecule has 1 atom stereocenters. The summed E-state index contributed by atoms with van der Waals surface area (Å²) in [5, 5.41) is 3.62. The number of hydrogen-bond acceptors (Lipinski definition) is 6. The number of nitrogens with one attached hydrogen (secondary N) is 1. The summed E-state index contributed by atoms with van der Waals surface area (Å²) < 4.78 is 21.7. The highest BCUT2D eigenvalue weighted by Gasteiger charge is 2.32. The van der Waals surface area contributed by atoms with Gasteiger partial charge in [0.2, 0.25) is 18.6 Å². The smallest absolute Gasteiger partial charge is 0.247 e. The molecule has 5 rings (SSSR count). The van der Waals surface area contributed by atoms with Gasteiger partial charge >= 0.3 is 0 Å². The Hall–Kier alpha value is -4.69. The molecule has 1 aliphatic rings. The van der Waals surface area contributed by atoms with Gasteiger partial charge in [0, 0.05) is 18.1 Å². The number of hydrogen-bond donors (Lipinski definition) is 1. The molecule has 216 valence electrons. The zero-order valence-corrected chi connectivity index (χ0v) is 24.1. The highest BCUT2D eigenvalue weighted by atomic mass is 35.5. The van der Waals surface area contributed by atoms with Crippen LogP contribution < -0.4 is 24.3 Å². The molecule has 0 spiro atoms. The average molecular weight is 587 g/mol. The summed E-state index contributed by atoms with van der Waals surface area (Å²) in [4.78, 5) is 29.6. The van der Waals surface area contributed by atoms with Crippen molar-refractivity contribution in [3.8, 4) is 23.0 Å². The second-order valence-electron chi connectivity index (χ2n) is 9.73. The molecule has 4 aromatic rings. The van der Waals surface area contributed by atoms with E-state index in [0.29, 0.717) is 33.6 Å². The van der Waals surface area contributed by atoms with Crippen LogP contribution in [-0.2, 0) is 29.1 Å². The first-order valence-electron chi connectivity index (χ1n) is 13.4. The van der Waals surface area contributed by atoms with Gasteiger partial charge in [-0.05, 0) is 58.7 Å². The van der Waals surface area contributed by atoms with Crippen molar-refractivity contribution in [3.05, 3.63) is 118 Å². The molecule has 0 radical (unpaired) electrons. The van der Waals surface area contributed by atoms with E-state index in [0.717, 1.165) is 16.7 Å². The van der Waals surface area contributed by atoms with Crippen molar-refractivity contribution in [3.63, 3.8) is 0 Å². The molecule has 1 heterocycles. The van der Waals surface area contributed by atoms with Crippen LogP contribution >= 0.6 is 11.6 Å². The summed E-state index contributed by atoms with van der Waals surface area (Å²) in [5.41, 5.74) is 3.10.